The highest BCUT2D eigenvalue weighted by molar-refractivity contribution is 5.74. The fourth-order valence-electron chi connectivity index (χ4n) is 2.44. The van der Waals surface area contributed by atoms with Gasteiger partial charge in [-0.2, -0.15) is 0 Å². The minimum Gasteiger partial charge on any atom is -0.380 e. The van der Waals surface area contributed by atoms with Gasteiger partial charge in [0.05, 0.1) is 29.4 Å². The molecule has 17 heavy (non-hydrogen) atoms. The minimum atomic E-state index is 0.275. The molecule has 0 amide bonds. The Bertz CT molecular complexity index is 536. The predicted molar refractivity (Wildman–Crippen MR) is 64.7 cm³/mol. The van der Waals surface area contributed by atoms with Crippen LogP contribution in [0.25, 0.3) is 11.0 Å². The van der Waals surface area contributed by atoms with E-state index in [1.807, 2.05) is 19.3 Å². The number of ether oxygens (including phenoxy) is 1. The van der Waals surface area contributed by atoms with E-state index >= 15 is 0 Å². The molecule has 3 rings (SSSR count). The van der Waals surface area contributed by atoms with Gasteiger partial charge in [0.15, 0.2) is 0 Å². The van der Waals surface area contributed by atoms with Crippen molar-refractivity contribution in [3.05, 3.63) is 24.3 Å². The van der Waals surface area contributed by atoms with Crippen LogP contribution in [0.5, 0.6) is 0 Å². The van der Waals surface area contributed by atoms with E-state index < -0.39 is 0 Å². The molecule has 3 heterocycles. The highest BCUT2D eigenvalue weighted by atomic mass is 16.5. The van der Waals surface area contributed by atoms with Gasteiger partial charge in [-0.15, -0.1) is 0 Å². The van der Waals surface area contributed by atoms with Crippen molar-refractivity contribution in [2.75, 3.05) is 13.7 Å². The lowest BCUT2D eigenvalue weighted by Crippen LogP contribution is -2.18. The molecule has 90 valence electrons. The van der Waals surface area contributed by atoms with Crippen LogP contribution in [0.1, 0.15) is 18.3 Å². The van der Waals surface area contributed by atoms with Gasteiger partial charge in [0.2, 0.25) is 0 Å². The zero-order valence-corrected chi connectivity index (χ0v) is 10.1. The summed E-state index contributed by atoms with van der Waals surface area (Å²) in [6.45, 7) is 0.891. The molecule has 1 saturated heterocycles. The Balaban J connectivity index is 1.98. The summed E-state index contributed by atoms with van der Waals surface area (Å²) in [5, 5.41) is 3.45. The largest absolute Gasteiger partial charge is 0.380 e. The SMILES string of the molecule is COC1CNC(c2nc3ccncc3n2C)C1. The number of hydrogen-bond acceptors (Lipinski definition) is 4. The summed E-state index contributed by atoms with van der Waals surface area (Å²) in [6, 6.07) is 2.22. The van der Waals surface area contributed by atoms with Gasteiger partial charge < -0.3 is 14.6 Å². The van der Waals surface area contributed by atoms with Crippen LogP contribution in [0.4, 0.5) is 0 Å². The van der Waals surface area contributed by atoms with Crippen molar-refractivity contribution in [3.63, 3.8) is 0 Å². The molecule has 1 aliphatic rings. The van der Waals surface area contributed by atoms with E-state index in [-0.39, 0.29) is 12.1 Å². The van der Waals surface area contributed by atoms with E-state index in [2.05, 4.69) is 19.9 Å². The molecule has 0 saturated carbocycles. The van der Waals surface area contributed by atoms with Crippen LogP contribution >= 0.6 is 0 Å². The first kappa shape index (κ1) is 10.7. The molecule has 0 aliphatic carbocycles. The first-order valence-electron chi connectivity index (χ1n) is 5.82. The van der Waals surface area contributed by atoms with Crippen molar-refractivity contribution in [2.45, 2.75) is 18.6 Å². The molecule has 0 aromatic carbocycles. The summed E-state index contributed by atoms with van der Waals surface area (Å²) in [5.41, 5.74) is 2.07. The molecule has 0 spiro atoms. The second-order valence-corrected chi connectivity index (χ2v) is 4.45. The number of aryl methyl sites for hydroxylation is 1. The van der Waals surface area contributed by atoms with E-state index in [1.54, 1.807) is 13.3 Å². The maximum Gasteiger partial charge on any atom is 0.126 e. The average molecular weight is 232 g/mol. The number of fused-ring (bicyclic) bond motifs is 1. The Kier molecular flexibility index (Phi) is 2.57. The monoisotopic (exact) mass is 232 g/mol. The Labute approximate surface area is 99.8 Å². The summed E-state index contributed by atoms with van der Waals surface area (Å²) >= 11 is 0. The highest BCUT2D eigenvalue weighted by Gasteiger charge is 2.28. The Hall–Kier alpha value is -1.46. The first-order chi connectivity index (χ1) is 8.29. The normalized spacial score (nSPS) is 24.6. The highest BCUT2D eigenvalue weighted by Crippen LogP contribution is 2.26. The summed E-state index contributed by atoms with van der Waals surface area (Å²) in [5.74, 6) is 1.06. The Morgan fingerprint density at radius 3 is 3.12 bits per heavy atom. The topological polar surface area (TPSA) is 52.0 Å². The molecule has 2 atom stereocenters. The average Bonchev–Trinajstić information content (AvgIpc) is 2.95. The van der Waals surface area contributed by atoms with Gasteiger partial charge in [-0.25, -0.2) is 4.98 Å². The van der Waals surface area contributed by atoms with Gasteiger partial charge in [-0.1, -0.05) is 0 Å². The first-order valence-corrected chi connectivity index (χ1v) is 5.82. The van der Waals surface area contributed by atoms with Crippen LogP contribution in [-0.2, 0) is 11.8 Å². The zero-order valence-electron chi connectivity index (χ0n) is 10.1. The van der Waals surface area contributed by atoms with E-state index in [1.165, 1.54) is 0 Å². The number of nitrogens with zero attached hydrogens (tertiary/aromatic N) is 3. The number of rotatable bonds is 2. The van der Waals surface area contributed by atoms with Gasteiger partial charge in [0.25, 0.3) is 0 Å². The second-order valence-electron chi connectivity index (χ2n) is 4.45. The van der Waals surface area contributed by atoms with Crippen molar-refractivity contribution < 1.29 is 4.74 Å². The quantitative estimate of drug-likeness (QED) is 0.840. The molecule has 2 unspecified atom stereocenters. The molecule has 5 heteroatoms. The van der Waals surface area contributed by atoms with Gasteiger partial charge in [-0.05, 0) is 12.5 Å². The maximum atomic E-state index is 5.36. The fourth-order valence-corrected chi connectivity index (χ4v) is 2.44. The molecule has 0 radical (unpaired) electrons. The lowest BCUT2D eigenvalue weighted by atomic mass is 10.2. The molecular weight excluding hydrogens is 216 g/mol. The molecular formula is C12H16N4O. The molecule has 2 aromatic heterocycles. The lowest BCUT2D eigenvalue weighted by molar-refractivity contribution is 0.117. The van der Waals surface area contributed by atoms with Crippen LogP contribution < -0.4 is 5.32 Å². The second kappa shape index (κ2) is 4.09. The summed E-state index contributed by atoms with van der Waals surface area (Å²) in [6.07, 6.45) is 4.90. The van der Waals surface area contributed by atoms with Gasteiger partial charge in [0.1, 0.15) is 5.82 Å². The Morgan fingerprint density at radius 1 is 1.53 bits per heavy atom. The number of nitrogens with one attached hydrogen (secondary N) is 1. The van der Waals surface area contributed by atoms with Crippen LogP contribution in [0.3, 0.4) is 0 Å². The van der Waals surface area contributed by atoms with Crippen LogP contribution in [-0.4, -0.2) is 34.3 Å². The van der Waals surface area contributed by atoms with Gasteiger partial charge in [0, 0.05) is 26.9 Å². The third-order valence-corrected chi connectivity index (χ3v) is 3.45. The number of imidazole rings is 1. The van der Waals surface area contributed by atoms with Gasteiger partial charge in [-0.3, -0.25) is 4.98 Å². The van der Waals surface area contributed by atoms with Crippen LogP contribution in [0.15, 0.2) is 18.5 Å². The molecule has 1 fully saturated rings. The van der Waals surface area contributed by atoms with Gasteiger partial charge >= 0.3 is 0 Å². The maximum absolute atomic E-state index is 5.36. The summed E-state index contributed by atoms with van der Waals surface area (Å²) in [7, 11) is 3.79. The number of hydrogen-bond donors (Lipinski definition) is 1. The van der Waals surface area contributed by atoms with E-state index in [0.717, 1.165) is 29.8 Å². The molecule has 1 aliphatic heterocycles. The predicted octanol–water partition coefficient (Wildman–Crippen LogP) is 1.02. The standard InChI is InChI=1S/C12H16N4O/c1-16-11-7-13-4-3-9(11)15-12(16)10-5-8(17-2)6-14-10/h3-4,7-8,10,14H,5-6H2,1-2H3. The number of aromatic nitrogens is 3. The lowest BCUT2D eigenvalue weighted by Gasteiger charge is -2.10. The number of methoxy groups -OCH3 is 1. The van der Waals surface area contributed by atoms with Crippen LogP contribution in [0, 0.1) is 0 Å². The van der Waals surface area contributed by atoms with E-state index in [4.69, 9.17) is 4.74 Å². The van der Waals surface area contributed by atoms with Crippen molar-refractivity contribution in [3.8, 4) is 0 Å². The van der Waals surface area contributed by atoms with Crippen molar-refractivity contribution in [1.29, 1.82) is 0 Å². The zero-order chi connectivity index (χ0) is 11.8. The Morgan fingerprint density at radius 2 is 2.41 bits per heavy atom. The smallest absolute Gasteiger partial charge is 0.126 e. The third-order valence-electron chi connectivity index (χ3n) is 3.45. The van der Waals surface area contributed by atoms with Crippen molar-refractivity contribution in [2.24, 2.45) is 7.05 Å². The molecule has 1 N–H and O–H groups in total. The summed E-state index contributed by atoms with van der Waals surface area (Å²) < 4.78 is 7.47. The summed E-state index contributed by atoms with van der Waals surface area (Å²) in [4.78, 5) is 8.81. The number of pyridine rings is 1. The van der Waals surface area contributed by atoms with Crippen molar-refractivity contribution >= 4 is 11.0 Å². The fraction of sp³-hybridized carbons (Fsp3) is 0.500. The molecule has 2 aromatic rings. The van der Waals surface area contributed by atoms with E-state index in [0.29, 0.717) is 0 Å². The van der Waals surface area contributed by atoms with E-state index in [9.17, 15) is 0 Å². The van der Waals surface area contributed by atoms with Crippen LogP contribution in [0.2, 0.25) is 0 Å². The minimum absolute atomic E-state index is 0.275. The molecule has 0 bridgehead atoms. The van der Waals surface area contributed by atoms with Crippen molar-refractivity contribution in [1.82, 2.24) is 19.9 Å². The molecule has 5 nitrogen and oxygen atoms in total. The third kappa shape index (κ3) is 1.71.